The van der Waals surface area contributed by atoms with Gasteiger partial charge in [0.15, 0.2) is 4.80 Å². The zero-order valence-electron chi connectivity index (χ0n) is 22.0. The van der Waals surface area contributed by atoms with Gasteiger partial charge in [0.1, 0.15) is 11.8 Å². The van der Waals surface area contributed by atoms with Gasteiger partial charge >= 0.3 is 5.97 Å². The van der Waals surface area contributed by atoms with E-state index < -0.39 is 12.0 Å². The Morgan fingerprint density at radius 1 is 1.08 bits per heavy atom. The number of aryl methyl sites for hydroxylation is 1. The van der Waals surface area contributed by atoms with Gasteiger partial charge in [-0.2, -0.15) is 0 Å². The Balaban J connectivity index is 1.72. The van der Waals surface area contributed by atoms with Gasteiger partial charge in [0, 0.05) is 22.6 Å². The predicted octanol–water partition coefficient (Wildman–Crippen LogP) is 4.21. The van der Waals surface area contributed by atoms with Crippen molar-refractivity contribution in [1.82, 2.24) is 9.13 Å². The van der Waals surface area contributed by atoms with Gasteiger partial charge in [-0.05, 0) is 63.6 Å². The molecule has 0 unspecified atom stereocenters. The fourth-order valence-electron chi connectivity index (χ4n) is 5.03. The molecule has 0 radical (unpaired) electrons. The van der Waals surface area contributed by atoms with Crippen LogP contribution in [-0.4, -0.2) is 28.8 Å². The Kier molecular flexibility index (Phi) is 6.91. The minimum Gasteiger partial charge on any atom is -0.496 e. The van der Waals surface area contributed by atoms with Gasteiger partial charge in [-0.1, -0.05) is 47.7 Å². The maximum absolute atomic E-state index is 14.0. The average Bonchev–Trinajstić information content (AvgIpc) is 3.37. The van der Waals surface area contributed by atoms with Gasteiger partial charge in [-0.15, -0.1) is 0 Å². The molecule has 0 saturated heterocycles. The van der Waals surface area contributed by atoms with Crippen LogP contribution in [0.15, 0.2) is 81.7 Å². The van der Waals surface area contributed by atoms with Gasteiger partial charge in [0.2, 0.25) is 0 Å². The van der Waals surface area contributed by atoms with E-state index in [1.807, 2.05) is 55.5 Å². The van der Waals surface area contributed by atoms with E-state index >= 15 is 0 Å². The number of methoxy groups -OCH3 is 1. The summed E-state index contributed by atoms with van der Waals surface area (Å²) in [5.74, 6) is 0.0836. The largest absolute Gasteiger partial charge is 0.496 e. The summed E-state index contributed by atoms with van der Waals surface area (Å²) in [5, 5.41) is 0. The summed E-state index contributed by atoms with van der Waals surface area (Å²) in [6, 6.07) is 18.9. The van der Waals surface area contributed by atoms with Crippen LogP contribution in [0.4, 0.5) is 0 Å². The number of thiazole rings is 1. The molecule has 38 heavy (non-hydrogen) atoms. The number of aromatic nitrogens is 2. The van der Waals surface area contributed by atoms with Crippen LogP contribution in [0.25, 0.3) is 11.8 Å². The predicted molar refractivity (Wildman–Crippen MR) is 149 cm³/mol. The number of hydrogen-bond donors (Lipinski definition) is 0. The highest BCUT2D eigenvalue weighted by atomic mass is 32.1. The molecule has 4 aromatic rings. The van der Waals surface area contributed by atoms with Crippen LogP contribution >= 0.6 is 11.3 Å². The summed E-state index contributed by atoms with van der Waals surface area (Å²) in [5.41, 5.74) is 5.45. The number of nitrogens with zero attached hydrogens (tertiary/aromatic N) is 3. The first kappa shape index (κ1) is 25.5. The summed E-state index contributed by atoms with van der Waals surface area (Å²) in [4.78, 5) is 32.3. The summed E-state index contributed by atoms with van der Waals surface area (Å²) in [6.45, 7) is 7.85. The van der Waals surface area contributed by atoms with E-state index in [1.54, 1.807) is 25.5 Å². The third-order valence-corrected chi connectivity index (χ3v) is 7.70. The Bertz CT molecular complexity index is 1740. The van der Waals surface area contributed by atoms with E-state index in [0.717, 1.165) is 22.6 Å². The monoisotopic (exact) mass is 527 g/mol. The first-order valence-electron chi connectivity index (χ1n) is 12.4. The Labute approximate surface area is 224 Å². The van der Waals surface area contributed by atoms with Crippen LogP contribution in [0.3, 0.4) is 0 Å². The SMILES string of the molecule is CCOC(=O)C1=C(C)N=c2s/c(=C/c3cc(C)n(-c4ccccc4)c3C)c(=O)n2[C@@H]1c1ccccc1OC. The summed E-state index contributed by atoms with van der Waals surface area (Å²) < 4.78 is 15.3. The Morgan fingerprint density at radius 3 is 2.50 bits per heavy atom. The van der Waals surface area contributed by atoms with Gasteiger partial charge in [-0.25, -0.2) is 9.79 Å². The molecule has 0 saturated carbocycles. The van der Waals surface area contributed by atoms with Crippen molar-refractivity contribution in [2.75, 3.05) is 13.7 Å². The van der Waals surface area contributed by atoms with Crippen molar-refractivity contribution in [2.45, 2.75) is 33.7 Å². The van der Waals surface area contributed by atoms with Gasteiger partial charge in [0.05, 0.1) is 29.5 Å². The van der Waals surface area contributed by atoms with Gasteiger partial charge < -0.3 is 14.0 Å². The minimum absolute atomic E-state index is 0.218. The molecule has 3 heterocycles. The van der Waals surface area contributed by atoms with Crippen molar-refractivity contribution >= 4 is 23.4 Å². The number of allylic oxidation sites excluding steroid dienone is 1. The molecule has 0 aliphatic carbocycles. The van der Waals surface area contributed by atoms with Gasteiger partial charge in [-0.3, -0.25) is 9.36 Å². The lowest BCUT2D eigenvalue weighted by atomic mass is 9.95. The molecule has 7 nitrogen and oxygen atoms in total. The lowest BCUT2D eigenvalue weighted by molar-refractivity contribution is -0.139. The number of ether oxygens (including phenoxy) is 2. The maximum atomic E-state index is 14.0. The lowest BCUT2D eigenvalue weighted by Crippen LogP contribution is -2.40. The molecule has 1 aliphatic heterocycles. The summed E-state index contributed by atoms with van der Waals surface area (Å²) in [6.07, 6.45) is 1.91. The second kappa shape index (κ2) is 10.3. The second-order valence-corrected chi connectivity index (χ2v) is 10.1. The van der Waals surface area contributed by atoms with E-state index in [9.17, 15) is 9.59 Å². The number of carbonyl (C=O) groups excluding carboxylic acids is 1. The molecule has 1 atom stereocenters. The Morgan fingerprint density at radius 2 is 1.79 bits per heavy atom. The zero-order chi connectivity index (χ0) is 27.0. The van der Waals surface area contributed by atoms with Gasteiger partial charge in [0.25, 0.3) is 5.56 Å². The molecule has 1 aliphatic rings. The molecule has 0 spiro atoms. The Hall–Kier alpha value is -4.17. The minimum atomic E-state index is -0.722. The third-order valence-electron chi connectivity index (χ3n) is 6.72. The standard InChI is InChI=1S/C30H29N3O4S/c1-6-37-29(35)26-19(3)31-30-33(27(26)23-14-10-11-15-24(23)36-5)28(34)25(38-30)17-21-16-18(2)32(20(21)4)22-12-8-7-9-13-22/h7-17,27H,6H2,1-5H3/b25-17+/t27-/m1/s1. The summed E-state index contributed by atoms with van der Waals surface area (Å²) >= 11 is 1.31. The van der Waals surface area contributed by atoms with Crippen LogP contribution in [-0.2, 0) is 9.53 Å². The van der Waals surface area contributed by atoms with Crippen LogP contribution in [0.5, 0.6) is 5.75 Å². The first-order valence-corrected chi connectivity index (χ1v) is 13.2. The number of para-hydroxylation sites is 2. The number of fused-ring (bicyclic) bond motifs is 1. The lowest BCUT2D eigenvalue weighted by Gasteiger charge is -2.25. The fraction of sp³-hybridized carbons (Fsp3) is 0.233. The highest BCUT2D eigenvalue weighted by Gasteiger charge is 2.35. The molecule has 2 aromatic heterocycles. The molecule has 5 rings (SSSR count). The van der Waals surface area contributed by atoms with Crippen LogP contribution in [0.1, 0.15) is 42.4 Å². The quantitative estimate of drug-likeness (QED) is 0.352. The smallest absolute Gasteiger partial charge is 0.338 e. The molecular weight excluding hydrogens is 498 g/mol. The topological polar surface area (TPSA) is 74.8 Å². The number of carbonyl (C=O) groups is 1. The highest BCUT2D eigenvalue weighted by Crippen LogP contribution is 2.35. The number of esters is 1. The van der Waals surface area contributed by atoms with Crippen molar-refractivity contribution < 1.29 is 14.3 Å². The molecule has 0 N–H and O–H groups in total. The molecule has 0 amide bonds. The highest BCUT2D eigenvalue weighted by molar-refractivity contribution is 7.07. The van der Waals surface area contributed by atoms with Crippen molar-refractivity contribution in [2.24, 2.45) is 4.99 Å². The number of hydrogen-bond acceptors (Lipinski definition) is 6. The van der Waals surface area contributed by atoms with E-state index in [0.29, 0.717) is 31.9 Å². The number of rotatable bonds is 6. The number of benzene rings is 2. The summed E-state index contributed by atoms with van der Waals surface area (Å²) in [7, 11) is 1.58. The van der Waals surface area contributed by atoms with Crippen LogP contribution < -0.4 is 19.6 Å². The zero-order valence-corrected chi connectivity index (χ0v) is 22.8. The molecule has 194 valence electrons. The van der Waals surface area contributed by atoms with E-state index in [2.05, 4.69) is 34.7 Å². The maximum Gasteiger partial charge on any atom is 0.338 e. The molecular formula is C30H29N3O4S. The fourth-order valence-corrected chi connectivity index (χ4v) is 6.06. The second-order valence-electron chi connectivity index (χ2n) is 9.04. The van der Waals surface area contributed by atoms with E-state index in [1.165, 1.54) is 11.3 Å². The molecule has 8 heteroatoms. The van der Waals surface area contributed by atoms with Crippen molar-refractivity contribution in [3.05, 3.63) is 114 Å². The van der Waals surface area contributed by atoms with E-state index in [-0.39, 0.29) is 12.2 Å². The van der Waals surface area contributed by atoms with E-state index in [4.69, 9.17) is 9.47 Å². The van der Waals surface area contributed by atoms with Crippen LogP contribution in [0, 0.1) is 13.8 Å². The molecule has 0 fully saturated rings. The normalized spacial score (nSPS) is 15.3. The van der Waals surface area contributed by atoms with Crippen molar-refractivity contribution in [3.8, 4) is 11.4 Å². The average molecular weight is 528 g/mol. The third kappa shape index (κ3) is 4.31. The van der Waals surface area contributed by atoms with Crippen molar-refractivity contribution in [3.63, 3.8) is 0 Å². The van der Waals surface area contributed by atoms with Crippen molar-refractivity contribution in [1.29, 1.82) is 0 Å². The first-order chi connectivity index (χ1) is 18.3. The molecule has 0 bridgehead atoms. The van der Waals surface area contributed by atoms with Crippen LogP contribution in [0.2, 0.25) is 0 Å². The molecule has 2 aromatic carbocycles.